The molecule has 1 heterocycles. The summed E-state index contributed by atoms with van der Waals surface area (Å²) in [7, 11) is 0. The van der Waals surface area contributed by atoms with Gasteiger partial charge in [0.05, 0.1) is 11.6 Å². The molecule has 2 nitrogen and oxygen atoms in total. The second-order valence-corrected chi connectivity index (χ2v) is 6.63. The van der Waals surface area contributed by atoms with Gasteiger partial charge in [-0.05, 0) is 42.3 Å². The minimum atomic E-state index is 0.436. The fourth-order valence-electron chi connectivity index (χ4n) is 2.54. The zero-order valence-electron chi connectivity index (χ0n) is 11.7. The van der Waals surface area contributed by atoms with Gasteiger partial charge in [0.15, 0.2) is 0 Å². The van der Waals surface area contributed by atoms with Gasteiger partial charge in [-0.15, -0.1) is 11.8 Å². The number of ether oxygens (including phenoxy) is 1. The lowest BCUT2D eigenvalue weighted by molar-refractivity contribution is 0.298. The highest BCUT2D eigenvalue weighted by Crippen LogP contribution is 2.39. The van der Waals surface area contributed by atoms with Gasteiger partial charge < -0.3 is 10.5 Å². The molecule has 2 aromatic rings. The fraction of sp³-hybridized carbons (Fsp3) is 0.294. The number of rotatable bonds is 5. The van der Waals surface area contributed by atoms with Crippen molar-refractivity contribution in [3.63, 3.8) is 0 Å². The molecule has 2 aromatic carbocycles. The molecule has 110 valence electrons. The fourth-order valence-corrected chi connectivity index (χ4v) is 4.03. The summed E-state index contributed by atoms with van der Waals surface area (Å²) >= 11 is 8.18. The molecule has 1 aliphatic heterocycles. The predicted octanol–water partition coefficient (Wildman–Crippen LogP) is 4.11. The summed E-state index contributed by atoms with van der Waals surface area (Å²) < 4.78 is 5.93. The Balaban J connectivity index is 1.66. The number of nitrogens with two attached hydrogens (primary N) is 1. The molecule has 0 amide bonds. The molecule has 21 heavy (non-hydrogen) atoms. The molecular weight excluding hydrogens is 302 g/mol. The van der Waals surface area contributed by atoms with Gasteiger partial charge in [-0.1, -0.05) is 35.9 Å². The van der Waals surface area contributed by atoms with Gasteiger partial charge in [0.25, 0.3) is 0 Å². The molecule has 0 aromatic heterocycles. The number of fused-ring (bicyclic) bond motifs is 1. The molecule has 0 fully saturated rings. The van der Waals surface area contributed by atoms with Gasteiger partial charge in [0, 0.05) is 16.6 Å². The third-order valence-corrected chi connectivity index (χ3v) is 5.22. The lowest BCUT2D eigenvalue weighted by Crippen LogP contribution is -2.10. The van der Waals surface area contributed by atoms with Crippen LogP contribution in [0.3, 0.4) is 0 Å². The molecule has 1 atom stereocenters. The van der Waals surface area contributed by atoms with Crippen LogP contribution in [0.5, 0.6) is 5.75 Å². The van der Waals surface area contributed by atoms with E-state index in [1.54, 1.807) is 0 Å². The van der Waals surface area contributed by atoms with E-state index in [-0.39, 0.29) is 0 Å². The largest absolute Gasteiger partial charge is 0.491 e. The van der Waals surface area contributed by atoms with Crippen LogP contribution in [0.1, 0.15) is 17.0 Å². The highest BCUT2D eigenvalue weighted by molar-refractivity contribution is 7.99. The Hall–Kier alpha value is -1.16. The van der Waals surface area contributed by atoms with E-state index in [0.717, 1.165) is 23.5 Å². The smallest absolute Gasteiger partial charge is 0.137 e. The lowest BCUT2D eigenvalue weighted by atomic mass is 10.0. The molecule has 2 N–H and O–H groups in total. The third-order valence-electron chi connectivity index (χ3n) is 3.67. The molecule has 0 radical (unpaired) electrons. The number of thioether (sulfide) groups is 1. The van der Waals surface area contributed by atoms with Crippen molar-refractivity contribution < 1.29 is 4.74 Å². The Morgan fingerprint density at radius 1 is 1.24 bits per heavy atom. The Kier molecular flexibility index (Phi) is 4.73. The van der Waals surface area contributed by atoms with Crippen molar-refractivity contribution in [3.8, 4) is 5.75 Å². The number of benzene rings is 2. The predicted molar refractivity (Wildman–Crippen MR) is 89.6 cm³/mol. The van der Waals surface area contributed by atoms with Gasteiger partial charge in [-0.2, -0.15) is 0 Å². The summed E-state index contributed by atoms with van der Waals surface area (Å²) in [5, 5.41) is 0.667. The second-order valence-electron chi connectivity index (χ2n) is 5.16. The van der Waals surface area contributed by atoms with Gasteiger partial charge in [-0.25, -0.2) is 0 Å². The van der Waals surface area contributed by atoms with Crippen molar-refractivity contribution in [3.05, 3.63) is 58.6 Å². The molecular formula is C17H18ClNOS. The van der Waals surface area contributed by atoms with E-state index in [4.69, 9.17) is 22.1 Å². The first-order chi connectivity index (χ1) is 10.3. The van der Waals surface area contributed by atoms with Crippen molar-refractivity contribution in [2.24, 2.45) is 5.73 Å². The van der Waals surface area contributed by atoms with Crippen molar-refractivity contribution in [2.75, 3.05) is 18.9 Å². The highest BCUT2D eigenvalue weighted by Gasteiger charge is 2.23. The summed E-state index contributed by atoms with van der Waals surface area (Å²) in [6.07, 6.45) is 0.840. The topological polar surface area (TPSA) is 35.2 Å². The van der Waals surface area contributed by atoms with Crippen LogP contribution in [0.4, 0.5) is 0 Å². The Labute approximate surface area is 134 Å². The van der Waals surface area contributed by atoms with E-state index >= 15 is 0 Å². The van der Waals surface area contributed by atoms with E-state index in [1.807, 2.05) is 30.0 Å². The van der Waals surface area contributed by atoms with Crippen LogP contribution in [0.2, 0.25) is 5.02 Å². The van der Waals surface area contributed by atoms with E-state index < -0.39 is 0 Å². The normalized spacial score (nSPS) is 16.8. The summed E-state index contributed by atoms with van der Waals surface area (Å²) in [6, 6.07) is 14.5. The van der Waals surface area contributed by atoms with Gasteiger partial charge >= 0.3 is 0 Å². The highest BCUT2D eigenvalue weighted by atomic mass is 35.5. The first-order valence-corrected chi connectivity index (χ1v) is 8.47. The number of hydrogen-bond acceptors (Lipinski definition) is 3. The number of hydrogen-bond donors (Lipinski definition) is 1. The van der Waals surface area contributed by atoms with Gasteiger partial charge in [-0.3, -0.25) is 0 Å². The minimum Gasteiger partial charge on any atom is -0.491 e. The van der Waals surface area contributed by atoms with Crippen LogP contribution in [-0.4, -0.2) is 18.9 Å². The Morgan fingerprint density at radius 2 is 2.10 bits per heavy atom. The maximum Gasteiger partial charge on any atom is 0.137 e. The van der Waals surface area contributed by atoms with Gasteiger partial charge in [0.1, 0.15) is 5.75 Å². The van der Waals surface area contributed by atoms with Crippen LogP contribution < -0.4 is 10.5 Å². The first kappa shape index (κ1) is 14.8. The van der Waals surface area contributed by atoms with E-state index in [9.17, 15) is 0 Å². The molecule has 0 spiro atoms. The molecule has 0 aliphatic carbocycles. The summed E-state index contributed by atoms with van der Waals surface area (Å²) in [4.78, 5) is 1.37. The van der Waals surface area contributed by atoms with E-state index in [0.29, 0.717) is 24.1 Å². The molecule has 1 unspecified atom stereocenters. The van der Waals surface area contributed by atoms with Crippen LogP contribution in [0, 0.1) is 0 Å². The molecule has 0 bridgehead atoms. The minimum absolute atomic E-state index is 0.436. The van der Waals surface area contributed by atoms with Crippen LogP contribution >= 0.6 is 23.4 Å². The van der Waals surface area contributed by atoms with Crippen molar-refractivity contribution in [1.82, 2.24) is 0 Å². The molecule has 4 heteroatoms. The molecule has 3 rings (SSSR count). The second kappa shape index (κ2) is 6.73. The first-order valence-electron chi connectivity index (χ1n) is 7.11. The Morgan fingerprint density at radius 3 is 2.90 bits per heavy atom. The van der Waals surface area contributed by atoms with Crippen LogP contribution in [0.15, 0.2) is 47.4 Å². The zero-order valence-corrected chi connectivity index (χ0v) is 13.3. The summed E-state index contributed by atoms with van der Waals surface area (Å²) in [6.45, 7) is 1.30. The van der Waals surface area contributed by atoms with Gasteiger partial charge in [0.2, 0.25) is 0 Å². The molecule has 0 saturated heterocycles. The maximum absolute atomic E-state index is 6.28. The lowest BCUT2D eigenvalue weighted by Gasteiger charge is -2.14. The van der Waals surface area contributed by atoms with Crippen LogP contribution in [-0.2, 0) is 6.42 Å². The van der Waals surface area contributed by atoms with Crippen LogP contribution in [0.25, 0.3) is 0 Å². The average Bonchev–Trinajstić information content (AvgIpc) is 2.90. The van der Waals surface area contributed by atoms with Crippen molar-refractivity contribution >= 4 is 23.4 Å². The zero-order chi connectivity index (χ0) is 14.7. The molecule has 1 aliphatic rings. The Bertz CT molecular complexity index is 632. The van der Waals surface area contributed by atoms with Crippen molar-refractivity contribution in [1.29, 1.82) is 0 Å². The maximum atomic E-state index is 6.28. The quantitative estimate of drug-likeness (QED) is 0.900. The van der Waals surface area contributed by atoms with Crippen molar-refractivity contribution in [2.45, 2.75) is 17.2 Å². The van der Waals surface area contributed by atoms with E-state index in [1.165, 1.54) is 10.5 Å². The van der Waals surface area contributed by atoms with E-state index in [2.05, 4.69) is 24.3 Å². The average molecular weight is 320 g/mol. The summed E-state index contributed by atoms with van der Waals surface area (Å²) in [5.74, 6) is 2.26. The molecule has 0 saturated carbocycles. The standard InChI is InChI=1S/C17H18ClNOS/c18-15-9-12(7-8-19)5-6-16(15)20-10-13-11-21-17-4-2-1-3-14(13)17/h1-6,9,13H,7-8,10-11,19H2. The third kappa shape index (κ3) is 3.37. The number of halogens is 1. The summed E-state index contributed by atoms with van der Waals surface area (Å²) in [5.41, 5.74) is 8.10. The SMILES string of the molecule is NCCc1ccc(OCC2CSc3ccccc32)c(Cl)c1. The monoisotopic (exact) mass is 319 g/mol.